The van der Waals surface area contributed by atoms with Crippen LogP contribution < -0.4 is 10.2 Å². The first kappa shape index (κ1) is 29.0. The third kappa shape index (κ3) is 5.67. The monoisotopic (exact) mass is 580 g/mol. The molecule has 0 saturated carbocycles. The molecular formula is C26H28O15. The summed E-state index contributed by atoms with van der Waals surface area (Å²) in [5.41, 5.74) is -0.539. The minimum Gasteiger partial charge on any atom is -0.507 e. The average molecular weight is 580 g/mol. The van der Waals surface area contributed by atoms with E-state index in [0.29, 0.717) is 0 Å². The highest BCUT2D eigenvalue weighted by Gasteiger charge is 2.46. The molecule has 222 valence electrons. The van der Waals surface area contributed by atoms with Crippen LogP contribution in [0.2, 0.25) is 0 Å². The summed E-state index contributed by atoms with van der Waals surface area (Å²) in [6.45, 7) is -0.836. The number of hydrogen-bond acceptors (Lipinski definition) is 15. The molecule has 0 spiro atoms. The predicted molar refractivity (Wildman–Crippen MR) is 134 cm³/mol. The van der Waals surface area contributed by atoms with Gasteiger partial charge in [0.05, 0.1) is 13.2 Å². The van der Waals surface area contributed by atoms with Gasteiger partial charge < -0.3 is 69.3 Å². The Bertz CT molecular complexity index is 1460. The van der Waals surface area contributed by atoms with Gasteiger partial charge in [0.15, 0.2) is 23.2 Å². The van der Waals surface area contributed by atoms with Gasteiger partial charge in [-0.05, 0) is 18.2 Å². The Balaban J connectivity index is 1.36. The van der Waals surface area contributed by atoms with E-state index in [2.05, 4.69) is 0 Å². The van der Waals surface area contributed by atoms with Gasteiger partial charge in [-0.15, -0.1) is 0 Å². The zero-order valence-corrected chi connectivity index (χ0v) is 21.0. The maximum atomic E-state index is 12.7. The topological polar surface area (TPSA) is 249 Å². The van der Waals surface area contributed by atoms with Crippen LogP contribution in [0.4, 0.5) is 0 Å². The first-order chi connectivity index (χ1) is 19.4. The standard InChI is InChI=1S/C26H28O15/c27-11-2-1-9(3-12(11)28)16-6-14(30)19-13(29)4-10(5-17(19)40-16)39-26-24(36)22(34)21(33)18(41-26)8-38-25-23(35)20(32)15(31)7-37-25/h1-6,15,18,20-29,31-36H,7-8H2. The molecule has 15 nitrogen and oxygen atoms in total. The Morgan fingerprint density at radius 2 is 1.51 bits per heavy atom. The zero-order chi connectivity index (χ0) is 29.6. The molecule has 2 aliphatic rings. The number of ether oxygens (including phenoxy) is 4. The average Bonchev–Trinajstić information content (AvgIpc) is 2.93. The van der Waals surface area contributed by atoms with Crippen LogP contribution >= 0.6 is 0 Å². The van der Waals surface area contributed by atoms with Crippen LogP contribution in [0.5, 0.6) is 23.0 Å². The van der Waals surface area contributed by atoms with Crippen LogP contribution in [0.3, 0.4) is 0 Å². The Morgan fingerprint density at radius 1 is 0.780 bits per heavy atom. The quantitative estimate of drug-likeness (QED) is 0.146. The largest absolute Gasteiger partial charge is 0.507 e. The van der Waals surface area contributed by atoms with Crippen molar-refractivity contribution >= 4 is 11.0 Å². The van der Waals surface area contributed by atoms with Crippen molar-refractivity contribution in [1.29, 1.82) is 0 Å². The van der Waals surface area contributed by atoms with E-state index in [1.807, 2.05) is 0 Å². The van der Waals surface area contributed by atoms with Gasteiger partial charge in [-0.25, -0.2) is 0 Å². The summed E-state index contributed by atoms with van der Waals surface area (Å²) in [6.07, 6.45) is -14.1. The normalized spacial score (nSPS) is 32.2. The van der Waals surface area contributed by atoms with Gasteiger partial charge in [0.25, 0.3) is 0 Å². The van der Waals surface area contributed by atoms with E-state index in [1.165, 1.54) is 24.3 Å². The second-order valence-corrected chi connectivity index (χ2v) is 9.71. The van der Waals surface area contributed by atoms with Gasteiger partial charge in [-0.1, -0.05) is 0 Å². The summed E-state index contributed by atoms with van der Waals surface area (Å²) in [7, 11) is 0. The molecule has 3 aromatic rings. The van der Waals surface area contributed by atoms with Gasteiger partial charge in [0.2, 0.25) is 6.29 Å². The van der Waals surface area contributed by atoms with Crippen LogP contribution in [-0.4, -0.2) is 114 Å². The maximum absolute atomic E-state index is 12.7. The van der Waals surface area contributed by atoms with E-state index in [4.69, 9.17) is 23.4 Å². The van der Waals surface area contributed by atoms with Crippen molar-refractivity contribution in [3.8, 4) is 34.3 Å². The summed E-state index contributed by atoms with van der Waals surface area (Å²) in [5, 5.41) is 90.3. The Labute approximate surface area is 230 Å². The second-order valence-electron chi connectivity index (χ2n) is 9.71. The number of rotatable bonds is 6. The van der Waals surface area contributed by atoms with Crippen LogP contribution in [0, 0.1) is 0 Å². The maximum Gasteiger partial charge on any atom is 0.229 e. The summed E-state index contributed by atoms with van der Waals surface area (Å²) in [5.74, 6) is -1.55. The molecule has 9 N–H and O–H groups in total. The lowest BCUT2D eigenvalue weighted by Crippen LogP contribution is -2.61. The first-order valence-electron chi connectivity index (χ1n) is 12.4. The van der Waals surface area contributed by atoms with E-state index in [1.54, 1.807) is 0 Å². The molecular weight excluding hydrogens is 552 g/mol. The molecule has 9 atom stereocenters. The van der Waals surface area contributed by atoms with Crippen LogP contribution in [0.1, 0.15) is 0 Å². The van der Waals surface area contributed by atoms with Gasteiger partial charge in [0.1, 0.15) is 71.0 Å². The van der Waals surface area contributed by atoms with E-state index >= 15 is 0 Å². The number of aromatic hydroxyl groups is 3. The molecule has 0 aliphatic carbocycles. The molecule has 0 bridgehead atoms. The number of aliphatic hydroxyl groups is 6. The van der Waals surface area contributed by atoms with Crippen molar-refractivity contribution in [1.82, 2.24) is 0 Å². The predicted octanol–water partition coefficient (Wildman–Crippen LogP) is -1.78. The summed E-state index contributed by atoms with van der Waals surface area (Å²) in [6, 6.07) is 7.08. The highest BCUT2D eigenvalue weighted by Crippen LogP contribution is 2.35. The lowest BCUT2D eigenvalue weighted by atomic mass is 9.99. The molecule has 0 radical (unpaired) electrons. The van der Waals surface area contributed by atoms with Crippen molar-refractivity contribution in [2.45, 2.75) is 55.3 Å². The molecule has 3 heterocycles. The van der Waals surface area contributed by atoms with Crippen molar-refractivity contribution in [2.75, 3.05) is 13.2 Å². The smallest absolute Gasteiger partial charge is 0.229 e. The fraction of sp³-hybridized carbons (Fsp3) is 0.423. The summed E-state index contributed by atoms with van der Waals surface area (Å²) in [4.78, 5) is 12.7. The fourth-order valence-electron chi connectivity index (χ4n) is 4.53. The van der Waals surface area contributed by atoms with E-state index in [9.17, 15) is 50.8 Å². The fourth-order valence-corrected chi connectivity index (χ4v) is 4.53. The molecule has 2 fully saturated rings. The highest BCUT2D eigenvalue weighted by molar-refractivity contribution is 5.86. The molecule has 1 aromatic heterocycles. The van der Waals surface area contributed by atoms with Crippen molar-refractivity contribution in [3.63, 3.8) is 0 Å². The number of phenols is 3. The Hall–Kier alpha value is -3.51. The molecule has 5 rings (SSSR count). The van der Waals surface area contributed by atoms with Gasteiger partial charge in [-0.3, -0.25) is 4.79 Å². The number of benzene rings is 2. The van der Waals surface area contributed by atoms with Gasteiger partial charge >= 0.3 is 0 Å². The zero-order valence-electron chi connectivity index (χ0n) is 21.0. The molecule has 41 heavy (non-hydrogen) atoms. The second kappa shape index (κ2) is 11.4. The summed E-state index contributed by atoms with van der Waals surface area (Å²) < 4.78 is 27.4. The lowest BCUT2D eigenvalue weighted by molar-refractivity contribution is -0.307. The molecule has 9 unspecified atom stereocenters. The third-order valence-corrected chi connectivity index (χ3v) is 6.84. The van der Waals surface area contributed by atoms with Crippen LogP contribution in [0.15, 0.2) is 45.6 Å². The number of aliphatic hydroxyl groups excluding tert-OH is 6. The SMILES string of the molecule is O=c1cc(-c2ccc(O)c(O)c2)oc2cc(OC3OC(COC4OCC(O)C(O)C4O)C(O)C(O)C3O)cc(O)c12. The van der Waals surface area contributed by atoms with Crippen LogP contribution in [-0.2, 0) is 14.2 Å². The number of phenolic OH excluding ortho intramolecular Hbond substituents is 3. The number of hydrogen-bond donors (Lipinski definition) is 9. The molecule has 15 heteroatoms. The Morgan fingerprint density at radius 3 is 2.24 bits per heavy atom. The third-order valence-electron chi connectivity index (χ3n) is 6.84. The molecule has 2 saturated heterocycles. The number of fused-ring (bicyclic) bond motifs is 1. The van der Waals surface area contributed by atoms with E-state index in [0.717, 1.165) is 12.1 Å². The van der Waals surface area contributed by atoms with E-state index < -0.39 is 78.8 Å². The minimum atomic E-state index is -1.79. The van der Waals surface area contributed by atoms with Crippen molar-refractivity contribution < 1.29 is 69.3 Å². The van der Waals surface area contributed by atoms with Crippen molar-refractivity contribution in [3.05, 3.63) is 46.6 Å². The first-order valence-corrected chi connectivity index (χ1v) is 12.4. The van der Waals surface area contributed by atoms with Gasteiger partial charge in [0, 0.05) is 23.8 Å². The Kier molecular flexibility index (Phi) is 8.06. The molecule has 2 aromatic carbocycles. The molecule has 0 amide bonds. The van der Waals surface area contributed by atoms with Crippen molar-refractivity contribution in [2.24, 2.45) is 0 Å². The van der Waals surface area contributed by atoms with Crippen LogP contribution in [0.25, 0.3) is 22.3 Å². The molecule has 2 aliphatic heterocycles. The lowest BCUT2D eigenvalue weighted by Gasteiger charge is -2.41. The highest BCUT2D eigenvalue weighted by atomic mass is 16.7. The minimum absolute atomic E-state index is 0.0104. The summed E-state index contributed by atoms with van der Waals surface area (Å²) >= 11 is 0. The van der Waals surface area contributed by atoms with Gasteiger partial charge in [-0.2, -0.15) is 0 Å². The van der Waals surface area contributed by atoms with E-state index in [-0.39, 0.29) is 40.4 Å².